The lowest BCUT2D eigenvalue weighted by atomic mass is 9.95. The van der Waals surface area contributed by atoms with E-state index in [1.807, 2.05) is 6.92 Å². The first kappa shape index (κ1) is 10.7. The predicted octanol–water partition coefficient (Wildman–Crippen LogP) is 2.42. The summed E-state index contributed by atoms with van der Waals surface area (Å²) >= 11 is 0. The predicted molar refractivity (Wildman–Crippen MR) is 52.6 cm³/mol. The lowest BCUT2D eigenvalue weighted by Gasteiger charge is -2.17. The molecule has 2 unspecified atom stereocenters. The molecule has 2 heteroatoms. The highest BCUT2D eigenvalue weighted by atomic mass is 16.5. The van der Waals surface area contributed by atoms with Gasteiger partial charge in [0.05, 0.1) is 0 Å². The molecule has 0 radical (unpaired) electrons. The molecule has 0 N–H and O–H groups in total. The highest BCUT2D eigenvalue weighted by molar-refractivity contribution is 5.85. The molecule has 13 heavy (non-hydrogen) atoms. The van der Waals surface area contributed by atoms with Gasteiger partial charge >= 0.3 is 0 Å². The van der Waals surface area contributed by atoms with Crippen molar-refractivity contribution in [2.24, 2.45) is 11.8 Å². The fourth-order valence-corrected chi connectivity index (χ4v) is 1.80. The number of carbonyl (C=O) groups excluding carboxylic acids is 1. The van der Waals surface area contributed by atoms with Crippen molar-refractivity contribution in [3.8, 4) is 0 Å². The maximum Gasteiger partial charge on any atom is 0.164 e. The van der Waals surface area contributed by atoms with Crippen molar-refractivity contribution < 1.29 is 9.53 Å². The molecule has 76 valence electrons. The third-order valence-electron chi connectivity index (χ3n) is 2.79. The molecule has 1 fully saturated rings. The van der Waals surface area contributed by atoms with Gasteiger partial charge in [-0.2, -0.15) is 0 Å². The lowest BCUT2D eigenvalue weighted by molar-refractivity contribution is -0.133. The molecule has 1 aliphatic carbocycles. The van der Waals surface area contributed by atoms with Crippen LogP contribution in [-0.2, 0) is 9.53 Å². The summed E-state index contributed by atoms with van der Waals surface area (Å²) in [5.74, 6) is 1.01. The van der Waals surface area contributed by atoms with E-state index in [2.05, 4.69) is 6.92 Å². The zero-order valence-corrected chi connectivity index (χ0v) is 8.88. The summed E-state index contributed by atoms with van der Waals surface area (Å²) in [5.41, 5.74) is 0. The Morgan fingerprint density at radius 2 is 2.15 bits per heavy atom. The highest BCUT2D eigenvalue weighted by Gasteiger charge is 2.37. The number of hydrogen-bond donors (Lipinski definition) is 0. The van der Waals surface area contributed by atoms with Gasteiger partial charge in [-0.1, -0.05) is 20.3 Å². The van der Waals surface area contributed by atoms with E-state index in [0.29, 0.717) is 11.7 Å². The lowest BCUT2D eigenvalue weighted by Crippen LogP contribution is -2.30. The van der Waals surface area contributed by atoms with E-state index in [-0.39, 0.29) is 12.0 Å². The van der Waals surface area contributed by atoms with Gasteiger partial charge in [-0.05, 0) is 25.2 Å². The fraction of sp³-hybridized carbons (Fsp3) is 0.909. The molecule has 1 rings (SSSR count). The maximum atomic E-state index is 11.8. The molecule has 0 bridgehead atoms. The van der Waals surface area contributed by atoms with Crippen LogP contribution in [0.4, 0.5) is 0 Å². The van der Waals surface area contributed by atoms with Gasteiger partial charge in [0.25, 0.3) is 0 Å². The Morgan fingerprint density at radius 3 is 2.54 bits per heavy atom. The highest BCUT2D eigenvalue weighted by Crippen LogP contribution is 2.35. The van der Waals surface area contributed by atoms with Gasteiger partial charge < -0.3 is 4.74 Å². The molecule has 0 aromatic rings. The number of hydrogen-bond acceptors (Lipinski definition) is 2. The first-order chi connectivity index (χ1) is 6.20. The van der Waals surface area contributed by atoms with Crippen molar-refractivity contribution in [3.63, 3.8) is 0 Å². The van der Waals surface area contributed by atoms with E-state index in [4.69, 9.17) is 4.74 Å². The number of ether oxygens (including phenoxy) is 1. The molecule has 0 heterocycles. The molecule has 2 atom stereocenters. The molecule has 0 aliphatic heterocycles. The van der Waals surface area contributed by atoms with Crippen molar-refractivity contribution >= 4 is 5.78 Å². The third-order valence-corrected chi connectivity index (χ3v) is 2.79. The van der Waals surface area contributed by atoms with Crippen LogP contribution in [-0.4, -0.2) is 19.0 Å². The van der Waals surface area contributed by atoms with E-state index in [0.717, 1.165) is 12.8 Å². The molecule has 0 aromatic heterocycles. The first-order valence-electron chi connectivity index (χ1n) is 5.27. The van der Waals surface area contributed by atoms with Crippen LogP contribution >= 0.6 is 0 Å². The van der Waals surface area contributed by atoms with Gasteiger partial charge in [-0.3, -0.25) is 4.79 Å². The molecular weight excluding hydrogens is 164 g/mol. The minimum Gasteiger partial charge on any atom is -0.373 e. The van der Waals surface area contributed by atoms with Crippen LogP contribution in [0.15, 0.2) is 0 Å². The van der Waals surface area contributed by atoms with Crippen molar-refractivity contribution in [1.29, 1.82) is 0 Å². The van der Waals surface area contributed by atoms with Crippen LogP contribution in [0.2, 0.25) is 0 Å². The largest absolute Gasteiger partial charge is 0.373 e. The topological polar surface area (TPSA) is 26.3 Å². The van der Waals surface area contributed by atoms with Crippen LogP contribution in [0.1, 0.15) is 39.5 Å². The maximum absolute atomic E-state index is 11.8. The second-order valence-electron chi connectivity index (χ2n) is 4.09. The van der Waals surface area contributed by atoms with Crippen LogP contribution in [0.3, 0.4) is 0 Å². The molecule has 0 spiro atoms. The number of ketones is 1. The van der Waals surface area contributed by atoms with Crippen molar-refractivity contribution in [3.05, 3.63) is 0 Å². The second kappa shape index (κ2) is 4.75. The minimum absolute atomic E-state index is 0.110. The van der Waals surface area contributed by atoms with Gasteiger partial charge in [0.1, 0.15) is 6.10 Å². The van der Waals surface area contributed by atoms with Gasteiger partial charge in [0.2, 0.25) is 0 Å². The Hall–Kier alpha value is -0.370. The summed E-state index contributed by atoms with van der Waals surface area (Å²) in [5, 5.41) is 0. The standard InChI is InChI=1S/C11H20O2/c1-4-5-8(2)10(12)11(13-3)9-6-7-9/h8-9,11H,4-7H2,1-3H3. The number of methoxy groups -OCH3 is 1. The molecule has 2 nitrogen and oxygen atoms in total. The molecule has 1 aliphatic rings. The Bertz CT molecular complexity index is 173. The Labute approximate surface area is 80.7 Å². The first-order valence-corrected chi connectivity index (χ1v) is 5.27. The normalized spacial score (nSPS) is 21.2. The summed E-state index contributed by atoms with van der Waals surface area (Å²) in [7, 11) is 1.65. The van der Waals surface area contributed by atoms with E-state index in [1.165, 1.54) is 12.8 Å². The molecule has 1 saturated carbocycles. The van der Waals surface area contributed by atoms with Crippen LogP contribution in [0, 0.1) is 11.8 Å². The SMILES string of the molecule is CCCC(C)C(=O)C(OC)C1CC1. The summed E-state index contributed by atoms with van der Waals surface area (Å²) in [6.07, 6.45) is 4.30. The smallest absolute Gasteiger partial charge is 0.164 e. The number of Topliss-reactive ketones (excluding diaryl/α,β-unsaturated/α-hetero) is 1. The quantitative estimate of drug-likeness (QED) is 0.633. The Morgan fingerprint density at radius 1 is 1.54 bits per heavy atom. The number of rotatable bonds is 6. The van der Waals surface area contributed by atoms with E-state index < -0.39 is 0 Å². The van der Waals surface area contributed by atoms with Crippen molar-refractivity contribution in [1.82, 2.24) is 0 Å². The van der Waals surface area contributed by atoms with E-state index >= 15 is 0 Å². The zero-order chi connectivity index (χ0) is 9.84. The molecule has 0 amide bonds. The van der Waals surface area contributed by atoms with Gasteiger partial charge in [0, 0.05) is 13.0 Å². The third kappa shape index (κ3) is 2.80. The molecule has 0 saturated heterocycles. The van der Waals surface area contributed by atoms with Crippen LogP contribution in [0.5, 0.6) is 0 Å². The average molecular weight is 184 g/mol. The Balaban J connectivity index is 2.42. The zero-order valence-electron chi connectivity index (χ0n) is 8.88. The van der Waals surface area contributed by atoms with Gasteiger partial charge in [0.15, 0.2) is 5.78 Å². The molecule has 0 aromatic carbocycles. The Kier molecular flexibility index (Phi) is 3.91. The fourth-order valence-electron chi connectivity index (χ4n) is 1.80. The minimum atomic E-state index is -0.110. The van der Waals surface area contributed by atoms with E-state index in [9.17, 15) is 4.79 Å². The van der Waals surface area contributed by atoms with E-state index in [1.54, 1.807) is 7.11 Å². The van der Waals surface area contributed by atoms with Crippen molar-refractivity contribution in [2.45, 2.75) is 45.6 Å². The van der Waals surface area contributed by atoms with Crippen molar-refractivity contribution in [2.75, 3.05) is 7.11 Å². The monoisotopic (exact) mass is 184 g/mol. The van der Waals surface area contributed by atoms with Gasteiger partial charge in [-0.25, -0.2) is 0 Å². The molecular formula is C11H20O2. The second-order valence-corrected chi connectivity index (χ2v) is 4.09. The average Bonchev–Trinajstić information content (AvgIpc) is 2.90. The summed E-state index contributed by atoms with van der Waals surface area (Å²) in [6, 6.07) is 0. The summed E-state index contributed by atoms with van der Waals surface area (Å²) in [4.78, 5) is 11.8. The summed E-state index contributed by atoms with van der Waals surface area (Å²) < 4.78 is 5.25. The summed E-state index contributed by atoms with van der Waals surface area (Å²) in [6.45, 7) is 4.13. The van der Waals surface area contributed by atoms with Crippen LogP contribution in [0.25, 0.3) is 0 Å². The van der Waals surface area contributed by atoms with Crippen LogP contribution < -0.4 is 0 Å². The van der Waals surface area contributed by atoms with Gasteiger partial charge in [-0.15, -0.1) is 0 Å². The number of carbonyl (C=O) groups is 1.